The van der Waals surface area contributed by atoms with Gasteiger partial charge < -0.3 is 10.6 Å². The van der Waals surface area contributed by atoms with Crippen LogP contribution >= 0.6 is 0 Å². The van der Waals surface area contributed by atoms with Gasteiger partial charge in [-0.05, 0) is 30.5 Å². The maximum absolute atomic E-state index is 11.9. The Hall–Kier alpha value is -2.50. The lowest BCUT2D eigenvalue weighted by atomic mass is 10.2. The minimum atomic E-state index is -0.137. The smallest absolute Gasteiger partial charge is 0.270 e. The molecule has 3 rings (SSSR count). The molecule has 0 radical (unpaired) electrons. The van der Waals surface area contributed by atoms with Crippen molar-refractivity contribution >= 4 is 11.7 Å². The summed E-state index contributed by atoms with van der Waals surface area (Å²) in [5.74, 6) is 0.500. The summed E-state index contributed by atoms with van der Waals surface area (Å²) in [5.41, 5.74) is 1.49. The van der Waals surface area contributed by atoms with Crippen LogP contribution in [0.2, 0.25) is 0 Å². The van der Waals surface area contributed by atoms with Crippen LogP contribution in [-0.2, 0) is 6.54 Å². The van der Waals surface area contributed by atoms with Crippen LogP contribution in [0.5, 0.6) is 0 Å². The van der Waals surface area contributed by atoms with E-state index in [0.717, 1.165) is 18.4 Å². The summed E-state index contributed by atoms with van der Waals surface area (Å²) in [4.78, 5) is 24.0. The molecule has 0 aromatic carbocycles. The van der Waals surface area contributed by atoms with Crippen LogP contribution in [0.15, 0.2) is 36.9 Å². The van der Waals surface area contributed by atoms with E-state index in [2.05, 4.69) is 25.6 Å². The van der Waals surface area contributed by atoms with Crippen molar-refractivity contribution in [1.29, 1.82) is 0 Å². The lowest BCUT2D eigenvalue weighted by molar-refractivity contribution is 0.0946. The molecule has 0 atom stereocenters. The summed E-state index contributed by atoms with van der Waals surface area (Å²) in [5, 5.41) is 6.07. The molecular formula is C14H15N5O. The molecule has 0 saturated heterocycles. The number of anilines is 1. The molecule has 6 heteroatoms. The number of hydrogen-bond donors (Lipinski definition) is 2. The zero-order chi connectivity index (χ0) is 13.8. The van der Waals surface area contributed by atoms with E-state index >= 15 is 0 Å². The van der Waals surface area contributed by atoms with E-state index in [1.165, 1.54) is 6.33 Å². The Labute approximate surface area is 116 Å². The molecule has 0 aliphatic heterocycles. The first-order valence-electron chi connectivity index (χ1n) is 6.57. The van der Waals surface area contributed by atoms with Crippen LogP contribution in [-0.4, -0.2) is 26.9 Å². The first-order chi connectivity index (χ1) is 9.81. The second kappa shape index (κ2) is 5.64. The molecule has 102 valence electrons. The normalized spacial score (nSPS) is 13.8. The van der Waals surface area contributed by atoms with Crippen molar-refractivity contribution in [2.45, 2.75) is 25.4 Å². The minimum Gasteiger partial charge on any atom is -0.366 e. The van der Waals surface area contributed by atoms with Crippen LogP contribution in [0, 0.1) is 0 Å². The van der Waals surface area contributed by atoms with Crippen LogP contribution in [0.4, 0.5) is 5.82 Å². The molecule has 1 aliphatic carbocycles. The highest BCUT2D eigenvalue weighted by molar-refractivity contribution is 5.93. The van der Waals surface area contributed by atoms with Crippen molar-refractivity contribution in [1.82, 2.24) is 20.3 Å². The predicted octanol–water partition coefficient (Wildman–Crippen LogP) is 1.38. The lowest BCUT2D eigenvalue weighted by Gasteiger charge is -2.07. The molecular weight excluding hydrogens is 254 g/mol. The summed E-state index contributed by atoms with van der Waals surface area (Å²) in [6.07, 6.45) is 7.00. The molecule has 1 saturated carbocycles. The van der Waals surface area contributed by atoms with Crippen LogP contribution in [0.25, 0.3) is 0 Å². The van der Waals surface area contributed by atoms with Crippen molar-refractivity contribution in [2.24, 2.45) is 0 Å². The van der Waals surface area contributed by atoms with E-state index in [0.29, 0.717) is 24.1 Å². The van der Waals surface area contributed by atoms with Crippen LogP contribution in [0.1, 0.15) is 28.9 Å². The lowest BCUT2D eigenvalue weighted by Crippen LogP contribution is -2.26. The number of nitrogens with zero attached hydrogens (tertiary/aromatic N) is 3. The highest BCUT2D eigenvalue weighted by Gasteiger charge is 2.24. The zero-order valence-electron chi connectivity index (χ0n) is 10.9. The van der Waals surface area contributed by atoms with E-state index in [1.54, 1.807) is 18.5 Å². The molecule has 0 spiro atoms. The Morgan fingerprint density at radius 3 is 2.80 bits per heavy atom. The van der Waals surface area contributed by atoms with E-state index in [4.69, 9.17) is 0 Å². The molecule has 2 aromatic heterocycles. The number of nitrogens with one attached hydrogen (secondary N) is 2. The topological polar surface area (TPSA) is 79.8 Å². The van der Waals surface area contributed by atoms with Gasteiger partial charge in [-0.2, -0.15) is 0 Å². The fourth-order valence-electron chi connectivity index (χ4n) is 1.76. The highest BCUT2D eigenvalue weighted by Crippen LogP contribution is 2.19. The Balaban J connectivity index is 1.63. The van der Waals surface area contributed by atoms with Gasteiger partial charge in [-0.25, -0.2) is 9.97 Å². The maximum Gasteiger partial charge on any atom is 0.270 e. The average molecular weight is 269 g/mol. The molecule has 1 amide bonds. The standard InChI is InChI=1S/C14H15N5O/c20-14(19-11-1-2-11)12-7-13(18-9-17-12)16-8-10-3-5-15-6-4-10/h3-7,9,11H,1-2,8H2,(H,19,20)(H,16,17,18). The van der Waals surface area contributed by atoms with Gasteiger partial charge in [0.2, 0.25) is 0 Å². The van der Waals surface area contributed by atoms with Crippen molar-refractivity contribution < 1.29 is 4.79 Å². The molecule has 20 heavy (non-hydrogen) atoms. The monoisotopic (exact) mass is 269 g/mol. The van der Waals surface area contributed by atoms with E-state index in [9.17, 15) is 4.79 Å². The van der Waals surface area contributed by atoms with Gasteiger partial charge in [0.15, 0.2) is 0 Å². The highest BCUT2D eigenvalue weighted by atomic mass is 16.2. The third-order valence-electron chi connectivity index (χ3n) is 3.04. The van der Waals surface area contributed by atoms with Gasteiger partial charge in [0, 0.05) is 31.0 Å². The van der Waals surface area contributed by atoms with Gasteiger partial charge >= 0.3 is 0 Å². The van der Waals surface area contributed by atoms with Crippen molar-refractivity contribution in [3.63, 3.8) is 0 Å². The summed E-state index contributed by atoms with van der Waals surface area (Å²) in [6.45, 7) is 0.628. The van der Waals surface area contributed by atoms with Crippen molar-refractivity contribution in [2.75, 3.05) is 5.32 Å². The molecule has 1 fully saturated rings. The SMILES string of the molecule is O=C(NC1CC1)c1cc(NCc2ccncc2)ncn1. The number of rotatable bonds is 5. The summed E-state index contributed by atoms with van der Waals surface area (Å²) in [7, 11) is 0. The number of carbonyl (C=O) groups excluding carboxylic acids is 1. The number of carbonyl (C=O) groups is 1. The molecule has 6 nitrogen and oxygen atoms in total. The molecule has 0 bridgehead atoms. The molecule has 2 N–H and O–H groups in total. The second-order valence-electron chi connectivity index (χ2n) is 4.75. The predicted molar refractivity (Wildman–Crippen MR) is 74.1 cm³/mol. The fourth-order valence-corrected chi connectivity index (χ4v) is 1.76. The number of hydrogen-bond acceptors (Lipinski definition) is 5. The van der Waals surface area contributed by atoms with E-state index in [-0.39, 0.29) is 5.91 Å². The quantitative estimate of drug-likeness (QED) is 0.857. The van der Waals surface area contributed by atoms with Gasteiger partial charge in [0.1, 0.15) is 17.8 Å². The van der Waals surface area contributed by atoms with Gasteiger partial charge in [0.25, 0.3) is 5.91 Å². The Morgan fingerprint density at radius 1 is 1.25 bits per heavy atom. The Morgan fingerprint density at radius 2 is 2.05 bits per heavy atom. The maximum atomic E-state index is 11.9. The fraction of sp³-hybridized carbons (Fsp3) is 0.286. The van der Waals surface area contributed by atoms with Gasteiger partial charge in [-0.3, -0.25) is 9.78 Å². The zero-order valence-corrected chi connectivity index (χ0v) is 10.9. The Bertz CT molecular complexity index is 598. The molecule has 2 aromatic rings. The third-order valence-corrected chi connectivity index (χ3v) is 3.04. The minimum absolute atomic E-state index is 0.137. The van der Waals surface area contributed by atoms with E-state index in [1.807, 2.05) is 12.1 Å². The second-order valence-corrected chi connectivity index (χ2v) is 4.75. The van der Waals surface area contributed by atoms with Gasteiger partial charge in [-0.1, -0.05) is 0 Å². The van der Waals surface area contributed by atoms with Crippen LogP contribution < -0.4 is 10.6 Å². The first kappa shape index (κ1) is 12.5. The van der Waals surface area contributed by atoms with E-state index < -0.39 is 0 Å². The molecule has 1 aliphatic rings. The summed E-state index contributed by atoms with van der Waals surface area (Å²) < 4.78 is 0. The Kier molecular flexibility index (Phi) is 3.54. The average Bonchev–Trinajstić information content (AvgIpc) is 3.30. The van der Waals surface area contributed by atoms with Gasteiger partial charge in [-0.15, -0.1) is 0 Å². The first-order valence-corrected chi connectivity index (χ1v) is 6.57. The number of aromatic nitrogens is 3. The summed E-state index contributed by atoms with van der Waals surface area (Å²) >= 11 is 0. The van der Waals surface area contributed by atoms with Crippen molar-refractivity contribution in [3.8, 4) is 0 Å². The molecule has 0 unspecified atom stereocenters. The van der Waals surface area contributed by atoms with Gasteiger partial charge in [0.05, 0.1) is 0 Å². The summed E-state index contributed by atoms with van der Waals surface area (Å²) in [6, 6.07) is 5.84. The molecule has 2 heterocycles. The third kappa shape index (κ3) is 3.28. The number of pyridine rings is 1. The largest absolute Gasteiger partial charge is 0.366 e. The number of amides is 1. The van der Waals surface area contributed by atoms with Crippen molar-refractivity contribution in [3.05, 3.63) is 48.2 Å². The van der Waals surface area contributed by atoms with Crippen LogP contribution in [0.3, 0.4) is 0 Å².